The van der Waals surface area contributed by atoms with Crippen LogP contribution in [0.4, 0.5) is 4.79 Å². The van der Waals surface area contributed by atoms with Gasteiger partial charge in [-0.2, -0.15) is 0 Å². The van der Waals surface area contributed by atoms with Crippen molar-refractivity contribution in [3.05, 3.63) is 77.0 Å². The second-order valence-corrected chi connectivity index (χ2v) is 8.93. The van der Waals surface area contributed by atoms with Gasteiger partial charge in [0.2, 0.25) is 0 Å². The fraction of sp³-hybridized carbons (Fsp3) is 0.385. The van der Waals surface area contributed by atoms with Crippen LogP contribution < -0.4 is 10.5 Å². The summed E-state index contributed by atoms with van der Waals surface area (Å²) in [4.78, 5) is 26.2. The first kappa shape index (κ1) is 21.9. The van der Waals surface area contributed by atoms with Crippen LogP contribution in [0, 0.1) is 5.92 Å². The fourth-order valence-corrected chi connectivity index (χ4v) is 4.77. The molecule has 0 bridgehead atoms. The van der Waals surface area contributed by atoms with E-state index in [4.69, 9.17) is 15.2 Å². The molecule has 2 aromatic carbocycles. The van der Waals surface area contributed by atoms with Crippen LogP contribution in [-0.2, 0) is 16.1 Å². The Hall–Kier alpha value is -3.28. The Balaban J connectivity index is 1.71. The van der Waals surface area contributed by atoms with E-state index in [-0.39, 0.29) is 5.92 Å². The van der Waals surface area contributed by atoms with Crippen LogP contribution >= 0.6 is 0 Å². The molecule has 1 fully saturated rings. The summed E-state index contributed by atoms with van der Waals surface area (Å²) in [6.07, 6.45) is 1.69. The Morgan fingerprint density at radius 3 is 2.41 bits per heavy atom. The Labute approximate surface area is 189 Å². The molecule has 4 rings (SSSR count). The standard InChI is InChI=1S/C26H30N2O4/c1-17-23(19-13-14-19)21(15-26(2,28(17)3)24(29)32-25(27)30)20-11-7-8-12-22(20)31-16-18-9-5-4-6-10-18/h4-12,19,21H,13-16H2,1-3H3,(H2,27,30). The highest BCUT2D eigenvalue weighted by atomic mass is 16.6. The van der Waals surface area contributed by atoms with Gasteiger partial charge >= 0.3 is 12.1 Å². The van der Waals surface area contributed by atoms with Crippen molar-refractivity contribution < 1.29 is 19.1 Å². The molecule has 0 spiro atoms. The maximum Gasteiger partial charge on any atom is 0.412 e. The number of para-hydroxylation sites is 1. The predicted molar refractivity (Wildman–Crippen MR) is 122 cm³/mol. The molecule has 0 radical (unpaired) electrons. The molecule has 1 aliphatic carbocycles. The number of carbonyl (C=O) groups is 2. The van der Waals surface area contributed by atoms with Gasteiger partial charge in [-0.1, -0.05) is 48.5 Å². The van der Waals surface area contributed by atoms with Gasteiger partial charge in [-0.25, -0.2) is 9.59 Å². The Morgan fingerprint density at radius 2 is 1.75 bits per heavy atom. The zero-order valence-corrected chi connectivity index (χ0v) is 18.8. The minimum Gasteiger partial charge on any atom is -0.489 e. The number of nitrogens with two attached hydrogens (primary N) is 1. The molecule has 6 nitrogen and oxygen atoms in total. The number of likely N-dealkylation sites (N-methyl/N-ethyl adjacent to an activating group) is 1. The third-order valence-electron chi connectivity index (χ3n) is 6.82. The molecule has 0 saturated heterocycles. The number of esters is 1. The number of rotatable bonds is 6. The maximum atomic E-state index is 12.9. The number of hydrogen-bond acceptors (Lipinski definition) is 5. The fourth-order valence-electron chi connectivity index (χ4n) is 4.77. The molecule has 2 N–H and O–H groups in total. The van der Waals surface area contributed by atoms with Gasteiger partial charge in [0.05, 0.1) is 0 Å². The van der Waals surface area contributed by atoms with Gasteiger partial charge in [-0.05, 0) is 56.2 Å². The number of allylic oxidation sites excluding steroid dienone is 2. The van der Waals surface area contributed by atoms with Crippen molar-refractivity contribution in [1.29, 1.82) is 0 Å². The number of nitrogens with zero attached hydrogens (tertiary/aromatic N) is 1. The van der Waals surface area contributed by atoms with Crippen LogP contribution in [0.25, 0.3) is 0 Å². The van der Waals surface area contributed by atoms with E-state index in [1.807, 2.05) is 74.3 Å². The lowest BCUT2D eigenvalue weighted by molar-refractivity contribution is -0.149. The highest BCUT2D eigenvalue weighted by Crippen LogP contribution is 2.53. The Kier molecular flexibility index (Phi) is 5.96. The van der Waals surface area contributed by atoms with E-state index in [0.29, 0.717) is 18.9 Å². The van der Waals surface area contributed by atoms with E-state index >= 15 is 0 Å². The number of primary amides is 1. The second kappa shape index (κ2) is 8.69. The Bertz CT molecular complexity index is 1040. The molecule has 0 aromatic heterocycles. The first-order chi connectivity index (χ1) is 15.3. The molecule has 2 unspecified atom stereocenters. The zero-order chi connectivity index (χ0) is 22.9. The molecule has 2 atom stereocenters. The molecule has 1 amide bonds. The first-order valence-electron chi connectivity index (χ1n) is 11.0. The summed E-state index contributed by atoms with van der Waals surface area (Å²) in [5.74, 6) is 0.661. The number of amides is 1. The van der Waals surface area contributed by atoms with E-state index in [1.165, 1.54) is 5.57 Å². The average molecular weight is 435 g/mol. The smallest absolute Gasteiger partial charge is 0.412 e. The monoisotopic (exact) mass is 434 g/mol. The van der Waals surface area contributed by atoms with Crippen LogP contribution in [-0.4, -0.2) is 29.5 Å². The summed E-state index contributed by atoms with van der Waals surface area (Å²) in [6.45, 7) is 4.32. The highest BCUT2D eigenvalue weighted by Gasteiger charge is 2.50. The predicted octanol–water partition coefficient (Wildman–Crippen LogP) is 4.75. The van der Waals surface area contributed by atoms with Crippen LogP contribution in [0.1, 0.15) is 50.2 Å². The molecule has 6 heteroatoms. The van der Waals surface area contributed by atoms with E-state index in [2.05, 4.69) is 6.07 Å². The summed E-state index contributed by atoms with van der Waals surface area (Å²) in [7, 11) is 1.88. The summed E-state index contributed by atoms with van der Waals surface area (Å²) in [5.41, 5.74) is 8.67. The summed E-state index contributed by atoms with van der Waals surface area (Å²) in [6, 6.07) is 18.1. The number of hydrogen-bond donors (Lipinski definition) is 1. The van der Waals surface area contributed by atoms with Crippen LogP contribution in [0.15, 0.2) is 65.9 Å². The van der Waals surface area contributed by atoms with Gasteiger partial charge in [0, 0.05) is 24.2 Å². The zero-order valence-electron chi connectivity index (χ0n) is 18.8. The molecule has 1 saturated carbocycles. The molecule has 1 heterocycles. The lowest BCUT2D eigenvalue weighted by Gasteiger charge is -2.47. The van der Waals surface area contributed by atoms with Gasteiger partial charge in [0.25, 0.3) is 0 Å². The topological polar surface area (TPSA) is 81.9 Å². The number of ether oxygens (including phenoxy) is 2. The van der Waals surface area contributed by atoms with Gasteiger partial charge in [-0.3, -0.25) is 0 Å². The molecule has 2 aromatic rings. The van der Waals surface area contributed by atoms with Crippen molar-refractivity contribution >= 4 is 12.1 Å². The summed E-state index contributed by atoms with van der Waals surface area (Å²) in [5, 5.41) is 0. The van der Waals surface area contributed by atoms with E-state index in [1.54, 1.807) is 0 Å². The minimum absolute atomic E-state index is 0.0175. The largest absolute Gasteiger partial charge is 0.489 e. The maximum absolute atomic E-state index is 12.9. The lowest BCUT2D eigenvalue weighted by atomic mass is 9.73. The summed E-state index contributed by atoms with van der Waals surface area (Å²) < 4.78 is 11.1. The first-order valence-corrected chi connectivity index (χ1v) is 11.0. The van der Waals surface area contributed by atoms with Gasteiger partial charge in [0.1, 0.15) is 17.9 Å². The van der Waals surface area contributed by atoms with Crippen molar-refractivity contribution in [2.75, 3.05) is 7.05 Å². The van der Waals surface area contributed by atoms with E-state index < -0.39 is 17.6 Å². The molecule has 1 aliphatic heterocycles. The average Bonchev–Trinajstić information content (AvgIpc) is 3.61. The number of carbonyl (C=O) groups excluding carboxylic acids is 2. The Morgan fingerprint density at radius 1 is 1.09 bits per heavy atom. The third-order valence-corrected chi connectivity index (χ3v) is 6.82. The quantitative estimate of drug-likeness (QED) is 0.524. The van der Waals surface area contributed by atoms with Crippen molar-refractivity contribution in [3.63, 3.8) is 0 Å². The van der Waals surface area contributed by atoms with Gasteiger partial charge in [0.15, 0.2) is 0 Å². The normalized spacial score (nSPS) is 23.1. The minimum atomic E-state index is -1.08. The van der Waals surface area contributed by atoms with Crippen molar-refractivity contribution in [2.24, 2.45) is 11.7 Å². The van der Waals surface area contributed by atoms with E-state index in [0.717, 1.165) is 35.4 Å². The molecule has 2 aliphatic rings. The summed E-state index contributed by atoms with van der Waals surface area (Å²) >= 11 is 0. The lowest BCUT2D eigenvalue weighted by Crippen LogP contribution is -2.55. The van der Waals surface area contributed by atoms with Crippen molar-refractivity contribution in [1.82, 2.24) is 4.90 Å². The van der Waals surface area contributed by atoms with Gasteiger partial charge in [-0.15, -0.1) is 0 Å². The SMILES string of the molecule is CC1=C(C2CC2)C(c2ccccc2OCc2ccccc2)CC(C)(C(=O)OC(N)=O)N1C. The second-order valence-electron chi connectivity index (χ2n) is 8.93. The van der Waals surface area contributed by atoms with Crippen LogP contribution in [0.5, 0.6) is 5.75 Å². The molecule has 168 valence electrons. The van der Waals surface area contributed by atoms with E-state index in [9.17, 15) is 9.59 Å². The highest BCUT2D eigenvalue weighted by molar-refractivity contribution is 5.90. The number of benzene rings is 2. The third kappa shape index (κ3) is 4.22. The molecular weight excluding hydrogens is 404 g/mol. The van der Waals surface area contributed by atoms with Gasteiger partial charge < -0.3 is 20.1 Å². The molecule has 32 heavy (non-hydrogen) atoms. The van der Waals surface area contributed by atoms with Crippen molar-refractivity contribution in [2.45, 2.75) is 51.2 Å². The molecular formula is C26H30N2O4. The van der Waals surface area contributed by atoms with Crippen LogP contribution in [0.2, 0.25) is 0 Å². The van der Waals surface area contributed by atoms with Crippen LogP contribution in [0.3, 0.4) is 0 Å². The van der Waals surface area contributed by atoms with Crippen molar-refractivity contribution in [3.8, 4) is 5.75 Å².